The Hall–Kier alpha value is -4.69. The van der Waals surface area contributed by atoms with Gasteiger partial charge in [0.2, 0.25) is 0 Å². The lowest BCUT2D eigenvalue weighted by Gasteiger charge is -2.27. The molecule has 4 rings (SSSR count). The summed E-state index contributed by atoms with van der Waals surface area (Å²) in [5, 5.41) is 22.2. The molecular formula is C28H29N3O10S. The number of aromatic nitrogens is 1. The fourth-order valence-corrected chi connectivity index (χ4v) is 5.54. The Labute approximate surface area is 243 Å². The Bertz CT molecular complexity index is 1740. The van der Waals surface area contributed by atoms with Gasteiger partial charge in [-0.2, -0.15) is 0 Å². The van der Waals surface area contributed by atoms with Gasteiger partial charge in [-0.3, -0.25) is 19.5 Å². The first-order valence-corrected chi connectivity index (χ1v) is 13.5. The van der Waals surface area contributed by atoms with Crippen molar-refractivity contribution in [1.29, 1.82) is 0 Å². The van der Waals surface area contributed by atoms with Crippen molar-refractivity contribution in [2.45, 2.75) is 19.9 Å². The summed E-state index contributed by atoms with van der Waals surface area (Å²) in [7, 11) is 4.22. The summed E-state index contributed by atoms with van der Waals surface area (Å²) in [6.45, 7) is 3.85. The van der Waals surface area contributed by atoms with Crippen LogP contribution in [-0.2, 0) is 14.3 Å². The Balaban J connectivity index is 2.01. The van der Waals surface area contributed by atoms with Gasteiger partial charge in [0.25, 0.3) is 11.2 Å². The van der Waals surface area contributed by atoms with Crippen LogP contribution in [0.1, 0.15) is 31.0 Å². The van der Waals surface area contributed by atoms with Gasteiger partial charge in [-0.05, 0) is 26.0 Å². The second-order valence-corrected chi connectivity index (χ2v) is 9.87. The number of nitro groups is 1. The Morgan fingerprint density at radius 2 is 1.93 bits per heavy atom. The van der Waals surface area contributed by atoms with E-state index in [-0.39, 0.29) is 57.5 Å². The number of rotatable bonds is 11. The molecule has 2 heterocycles. The molecule has 2 aromatic carbocycles. The van der Waals surface area contributed by atoms with Crippen LogP contribution in [0.2, 0.25) is 0 Å². The topological polar surface area (TPSA) is 161 Å². The summed E-state index contributed by atoms with van der Waals surface area (Å²) in [5.74, 6) is -0.475. The van der Waals surface area contributed by atoms with Crippen molar-refractivity contribution in [1.82, 2.24) is 4.57 Å². The number of esters is 1. The molecule has 0 saturated heterocycles. The molecular weight excluding hydrogens is 570 g/mol. The smallest absolute Gasteiger partial charge is 0.338 e. The highest BCUT2D eigenvalue weighted by Crippen LogP contribution is 2.41. The molecule has 1 N–H and O–H groups in total. The minimum atomic E-state index is -1.02. The van der Waals surface area contributed by atoms with Crippen molar-refractivity contribution < 1.29 is 38.5 Å². The van der Waals surface area contributed by atoms with E-state index in [9.17, 15) is 24.8 Å². The highest BCUT2D eigenvalue weighted by Gasteiger charge is 2.36. The number of hydrogen-bond donors (Lipinski definition) is 1. The molecule has 1 atom stereocenters. The number of non-ortho nitro benzene ring substituents is 1. The Kier molecular flexibility index (Phi) is 9.28. The van der Waals surface area contributed by atoms with Crippen molar-refractivity contribution in [2.75, 3.05) is 41.2 Å². The molecule has 1 aliphatic heterocycles. The lowest BCUT2D eigenvalue weighted by atomic mass is 9.94. The van der Waals surface area contributed by atoms with Crippen LogP contribution in [0.4, 0.5) is 5.69 Å². The first-order chi connectivity index (χ1) is 20.2. The summed E-state index contributed by atoms with van der Waals surface area (Å²) >= 11 is 0.988. The highest BCUT2D eigenvalue weighted by molar-refractivity contribution is 7.07. The van der Waals surface area contributed by atoms with E-state index in [1.165, 1.54) is 32.0 Å². The standard InChI is InChI=1S/C28H29N3O10S/c1-6-40-25-18(8-7-9-19(25)38-4)23-22(27(34)41-11-10-37-3)15(2)29-28-30(23)26(33)21(42-28)13-16-12-17(31(35)36)14-20(39-5)24(16)32/h7-9,12-14,23,32H,6,10-11H2,1-5H3/b21-13+/t23-/m0/s1. The summed E-state index contributed by atoms with van der Waals surface area (Å²) in [4.78, 5) is 43.1. The van der Waals surface area contributed by atoms with E-state index in [0.29, 0.717) is 22.8 Å². The lowest BCUT2D eigenvalue weighted by Crippen LogP contribution is -2.40. The Morgan fingerprint density at radius 3 is 2.57 bits per heavy atom. The minimum Gasteiger partial charge on any atom is -0.504 e. The number of thiazole rings is 1. The van der Waals surface area contributed by atoms with Crippen LogP contribution in [0.3, 0.4) is 0 Å². The number of hydrogen-bond acceptors (Lipinski definition) is 12. The average molecular weight is 600 g/mol. The molecule has 42 heavy (non-hydrogen) atoms. The van der Waals surface area contributed by atoms with Crippen LogP contribution in [0, 0.1) is 10.1 Å². The number of carbonyl (C=O) groups is 1. The third-order valence-electron chi connectivity index (χ3n) is 6.38. The number of fused-ring (bicyclic) bond motifs is 1. The molecule has 1 aliphatic rings. The maximum absolute atomic E-state index is 14.0. The summed E-state index contributed by atoms with van der Waals surface area (Å²) in [6.07, 6.45) is 1.32. The predicted molar refractivity (Wildman–Crippen MR) is 152 cm³/mol. The molecule has 0 aliphatic carbocycles. The number of phenols is 1. The van der Waals surface area contributed by atoms with Gasteiger partial charge in [-0.1, -0.05) is 23.5 Å². The molecule has 14 heteroatoms. The Morgan fingerprint density at radius 1 is 1.19 bits per heavy atom. The number of phenolic OH excluding ortho intramolecular Hbond substituents is 1. The van der Waals surface area contributed by atoms with E-state index in [4.69, 9.17) is 23.7 Å². The second-order valence-electron chi connectivity index (χ2n) is 8.87. The van der Waals surface area contributed by atoms with E-state index in [1.807, 2.05) is 0 Å². The zero-order valence-corrected chi connectivity index (χ0v) is 24.4. The van der Waals surface area contributed by atoms with Gasteiger partial charge in [-0.15, -0.1) is 0 Å². The van der Waals surface area contributed by atoms with Gasteiger partial charge in [0, 0.05) is 24.3 Å². The van der Waals surface area contributed by atoms with Crippen LogP contribution < -0.4 is 29.1 Å². The van der Waals surface area contributed by atoms with E-state index >= 15 is 0 Å². The van der Waals surface area contributed by atoms with E-state index in [1.54, 1.807) is 32.0 Å². The van der Waals surface area contributed by atoms with Crippen molar-refractivity contribution in [3.63, 3.8) is 0 Å². The SMILES string of the molecule is CCOc1c(OC)cccc1[C@H]1C(C(=O)OCCOC)=C(C)N=c2s/c(=C/c3cc([N+](=O)[O-])cc(OC)c3O)c(=O)n21. The first kappa shape index (κ1) is 30.3. The van der Waals surface area contributed by atoms with Crippen LogP contribution >= 0.6 is 11.3 Å². The lowest BCUT2D eigenvalue weighted by molar-refractivity contribution is -0.385. The van der Waals surface area contributed by atoms with E-state index < -0.39 is 22.5 Å². The summed E-state index contributed by atoms with van der Waals surface area (Å²) in [6, 6.07) is 6.31. The number of ether oxygens (including phenoxy) is 5. The third-order valence-corrected chi connectivity index (χ3v) is 7.36. The second kappa shape index (κ2) is 12.9. The fourth-order valence-electron chi connectivity index (χ4n) is 4.51. The minimum absolute atomic E-state index is 0.00541. The average Bonchev–Trinajstić information content (AvgIpc) is 3.27. The summed E-state index contributed by atoms with van der Waals surface area (Å²) in [5.41, 5.74) is -0.0184. The largest absolute Gasteiger partial charge is 0.504 e. The molecule has 0 fully saturated rings. The third kappa shape index (κ3) is 5.71. The van der Waals surface area contributed by atoms with Crippen LogP contribution in [0.5, 0.6) is 23.0 Å². The first-order valence-electron chi connectivity index (χ1n) is 12.7. The zero-order chi connectivity index (χ0) is 30.6. The quantitative estimate of drug-likeness (QED) is 0.150. The number of nitro benzene ring substituents is 1. The number of methoxy groups -OCH3 is 3. The molecule has 222 valence electrons. The van der Waals surface area contributed by atoms with Crippen LogP contribution in [0.15, 0.2) is 51.4 Å². The molecule has 0 spiro atoms. The zero-order valence-electron chi connectivity index (χ0n) is 23.5. The number of allylic oxidation sites excluding steroid dienone is 1. The number of para-hydroxylation sites is 1. The highest BCUT2D eigenvalue weighted by atomic mass is 32.1. The van der Waals surface area contributed by atoms with Crippen LogP contribution in [0.25, 0.3) is 6.08 Å². The van der Waals surface area contributed by atoms with Crippen molar-refractivity contribution in [3.8, 4) is 23.0 Å². The molecule has 13 nitrogen and oxygen atoms in total. The van der Waals surface area contributed by atoms with Crippen molar-refractivity contribution in [3.05, 3.63) is 82.5 Å². The predicted octanol–water partition coefficient (Wildman–Crippen LogP) is 2.45. The van der Waals surface area contributed by atoms with Gasteiger partial charge < -0.3 is 28.8 Å². The molecule has 3 aromatic rings. The van der Waals surface area contributed by atoms with Gasteiger partial charge in [0.1, 0.15) is 12.6 Å². The number of benzene rings is 2. The van der Waals surface area contributed by atoms with Gasteiger partial charge in [-0.25, -0.2) is 9.79 Å². The maximum Gasteiger partial charge on any atom is 0.338 e. The molecule has 0 radical (unpaired) electrons. The van der Waals surface area contributed by atoms with Gasteiger partial charge >= 0.3 is 5.97 Å². The normalized spacial score (nSPS) is 14.7. The van der Waals surface area contributed by atoms with E-state index in [2.05, 4.69) is 4.99 Å². The van der Waals surface area contributed by atoms with Crippen LogP contribution in [-0.4, -0.2) is 61.7 Å². The maximum atomic E-state index is 14.0. The monoisotopic (exact) mass is 599 g/mol. The number of carbonyl (C=O) groups excluding carboxylic acids is 1. The molecule has 0 saturated carbocycles. The molecule has 1 aromatic heterocycles. The van der Waals surface area contributed by atoms with Crippen molar-refractivity contribution >= 4 is 29.1 Å². The van der Waals surface area contributed by atoms with Gasteiger partial charge in [0.15, 0.2) is 27.8 Å². The van der Waals surface area contributed by atoms with Gasteiger partial charge in [0.05, 0.1) is 54.2 Å². The number of nitrogens with zero attached hydrogens (tertiary/aromatic N) is 3. The molecule has 0 bridgehead atoms. The van der Waals surface area contributed by atoms with E-state index in [0.717, 1.165) is 23.5 Å². The number of aromatic hydroxyl groups is 1. The summed E-state index contributed by atoms with van der Waals surface area (Å²) < 4.78 is 28.4. The van der Waals surface area contributed by atoms with Crippen molar-refractivity contribution in [2.24, 2.45) is 4.99 Å². The molecule has 0 unspecified atom stereocenters. The molecule has 0 amide bonds. The fraction of sp³-hybridized carbons (Fsp3) is 0.321.